The molecule has 0 saturated heterocycles. The Hall–Kier alpha value is -1.29. The zero-order chi connectivity index (χ0) is 13.4. The SMILES string of the molecule is CC1CCC(Oc2nc3ccc(N)cc3s2)CC1C. The van der Waals surface area contributed by atoms with Crippen molar-refractivity contribution in [2.45, 2.75) is 39.2 Å². The van der Waals surface area contributed by atoms with Gasteiger partial charge in [-0.15, -0.1) is 0 Å². The zero-order valence-corrected chi connectivity index (χ0v) is 12.2. The first-order valence-corrected chi connectivity index (χ1v) is 7.76. The van der Waals surface area contributed by atoms with Crippen LogP contribution in [0.2, 0.25) is 0 Å². The predicted octanol–water partition coefficient (Wildman–Crippen LogP) is 4.08. The number of aromatic nitrogens is 1. The summed E-state index contributed by atoms with van der Waals surface area (Å²) in [6, 6.07) is 5.81. The second-order valence-corrected chi connectivity index (χ2v) is 6.71. The summed E-state index contributed by atoms with van der Waals surface area (Å²) in [6.07, 6.45) is 3.86. The smallest absolute Gasteiger partial charge is 0.274 e. The van der Waals surface area contributed by atoms with Crippen molar-refractivity contribution < 1.29 is 4.74 Å². The number of ether oxygens (including phenoxy) is 1. The number of benzene rings is 1. The van der Waals surface area contributed by atoms with Crippen molar-refractivity contribution in [3.8, 4) is 5.19 Å². The van der Waals surface area contributed by atoms with Crippen molar-refractivity contribution in [1.29, 1.82) is 0 Å². The maximum Gasteiger partial charge on any atom is 0.274 e. The number of rotatable bonds is 2. The Kier molecular flexibility index (Phi) is 3.35. The van der Waals surface area contributed by atoms with Crippen molar-refractivity contribution in [3.63, 3.8) is 0 Å². The van der Waals surface area contributed by atoms with Crippen LogP contribution >= 0.6 is 11.3 Å². The lowest BCUT2D eigenvalue weighted by Crippen LogP contribution is -2.28. The number of nitrogen functional groups attached to an aromatic ring is 1. The van der Waals surface area contributed by atoms with Crippen molar-refractivity contribution in [2.75, 3.05) is 5.73 Å². The maximum absolute atomic E-state index is 6.07. The molecule has 2 aromatic rings. The zero-order valence-electron chi connectivity index (χ0n) is 11.4. The molecule has 0 amide bonds. The molecule has 1 aromatic carbocycles. The van der Waals surface area contributed by atoms with E-state index in [4.69, 9.17) is 10.5 Å². The van der Waals surface area contributed by atoms with Crippen molar-refractivity contribution in [1.82, 2.24) is 4.98 Å². The van der Waals surface area contributed by atoms with Gasteiger partial charge in [-0.1, -0.05) is 25.2 Å². The minimum atomic E-state index is 0.323. The first-order chi connectivity index (χ1) is 9.11. The Bertz CT molecular complexity index is 581. The average Bonchev–Trinajstić information content (AvgIpc) is 2.75. The molecule has 1 fully saturated rings. The number of hydrogen-bond donors (Lipinski definition) is 1. The molecule has 1 aromatic heterocycles. The van der Waals surface area contributed by atoms with Gasteiger partial charge >= 0.3 is 0 Å². The lowest BCUT2D eigenvalue weighted by molar-refractivity contribution is 0.101. The highest BCUT2D eigenvalue weighted by Gasteiger charge is 2.26. The summed E-state index contributed by atoms with van der Waals surface area (Å²) in [4.78, 5) is 4.53. The Morgan fingerprint density at radius 2 is 2.11 bits per heavy atom. The third-order valence-electron chi connectivity index (χ3n) is 4.21. The van der Waals surface area contributed by atoms with E-state index in [1.54, 1.807) is 11.3 Å². The standard InChI is InChI=1S/C15H20N2OS/c1-9-3-5-12(7-10(9)2)18-15-17-13-6-4-11(16)8-14(13)19-15/h4,6,8-10,12H,3,5,7,16H2,1-2H3. The van der Waals surface area contributed by atoms with Gasteiger partial charge in [-0.05, 0) is 49.3 Å². The van der Waals surface area contributed by atoms with Crippen LogP contribution in [0.1, 0.15) is 33.1 Å². The van der Waals surface area contributed by atoms with E-state index in [0.717, 1.165) is 45.8 Å². The van der Waals surface area contributed by atoms with Gasteiger partial charge in [0.1, 0.15) is 6.10 Å². The molecule has 3 unspecified atom stereocenters. The third kappa shape index (κ3) is 2.68. The summed E-state index contributed by atoms with van der Waals surface area (Å²) in [5.74, 6) is 1.55. The van der Waals surface area contributed by atoms with Gasteiger partial charge in [-0.25, -0.2) is 4.98 Å². The highest BCUT2D eigenvalue weighted by atomic mass is 32.1. The van der Waals surface area contributed by atoms with Gasteiger partial charge in [-0.2, -0.15) is 0 Å². The Morgan fingerprint density at radius 3 is 2.89 bits per heavy atom. The molecular formula is C15H20N2OS. The summed E-state index contributed by atoms with van der Waals surface area (Å²) in [5, 5.41) is 0.785. The molecular weight excluding hydrogens is 256 g/mol. The second-order valence-electron chi connectivity index (χ2n) is 5.71. The molecule has 19 heavy (non-hydrogen) atoms. The number of fused-ring (bicyclic) bond motifs is 1. The number of nitrogens with zero attached hydrogens (tertiary/aromatic N) is 1. The van der Waals surface area contributed by atoms with Gasteiger partial charge < -0.3 is 10.5 Å². The van der Waals surface area contributed by atoms with E-state index in [0.29, 0.717) is 6.10 Å². The lowest BCUT2D eigenvalue weighted by atomic mass is 9.80. The van der Waals surface area contributed by atoms with Crippen LogP contribution in [-0.4, -0.2) is 11.1 Å². The van der Waals surface area contributed by atoms with Gasteiger partial charge in [0.25, 0.3) is 5.19 Å². The first-order valence-electron chi connectivity index (χ1n) is 6.94. The molecule has 3 nitrogen and oxygen atoms in total. The van der Waals surface area contributed by atoms with Crippen LogP contribution in [0.5, 0.6) is 5.19 Å². The van der Waals surface area contributed by atoms with E-state index in [1.807, 2.05) is 18.2 Å². The molecule has 0 bridgehead atoms. The largest absolute Gasteiger partial charge is 0.467 e. The fraction of sp³-hybridized carbons (Fsp3) is 0.533. The monoisotopic (exact) mass is 276 g/mol. The number of hydrogen-bond acceptors (Lipinski definition) is 4. The molecule has 4 heteroatoms. The number of thiazole rings is 1. The van der Waals surface area contributed by atoms with Crippen molar-refractivity contribution in [3.05, 3.63) is 18.2 Å². The van der Waals surface area contributed by atoms with Crippen LogP contribution in [0, 0.1) is 11.8 Å². The number of nitrogens with two attached hydrogens (primary N) is 1. The predicted molar refractivity (Wildman–Crippen MR) is 80.6 cm³/mol. The Balaban J connectivity index is 1.74. The van der Waals surface area contributed by atoms with Crippen molar-refractivity contribution >= 4 is 27.2 Å². The van der Waals surface area contributed by atoms with Gasteiger partial charge in [0, 0.05) is 5.69 Å². The van der Waals surface area contributed by atoms with Crippen LogP contribution in [0.25, 0.3) is 10.2 Å². The van der Waals surface area contributed by atoms with Gasteiger partial charge in [-0.3, -0.25) is 0 Å². The fourth-order valence-corrected chi connectivity index (χ4v) is 3.65. The minimum Gasteiger partial charge on any atom is -0.467 e. The third-order valence-corrected chi connectivity index (χ3v) is 5.12. The topological polar surface area (TPSA) is 48.1 Å². The van der Waals surface area contributed by atoms with Crippen LogP contribution in [0.4, 0.5) is 5.69 Å². The summed E-state index contributed by atoms with van der Waals surface area (Å²) >= 11 is 1.59. The molecule has 1 aliphatic rings. The molecule has 0 radical (unpaired) electrons. The quantitative estimate of drug-likeness (QED) is 0.841. The van der Waals surface area contributed by atoms with E-state index in [-0.39, 0.29) is 0 Å². The van der Waals surface area contributed by atoms with E-state index in [9.17, 15) is 0 Å². The lowest BCUT2D eigenvalue weighted by Gasteiger charge is -2.31. The average molecular weight is 276 g/mol. The van der Waals surface area contributed by atoms with E-state index in [2.05, 4.69) is 18.8 Å². The molecule has 1 heterocycles. The van der Waals surface area contributed by atoms with E-state index in [1.165, 1.54) is 6.42 Å². The fourth-order valence-electron chi connectivity index (χ4n) is 2.72. The molecule has 3 atom stereocenters. The maximum atomic E-state index is 6.07. The van der Waals surface area contributed by atoms with Crippen LogP contribution in [0.3, 0.4) is 0 Å². The summed E-state index contributed by atoms with van der Waals surface area (Å²) in [6.45, 7) is 4.65. The second kappa shape index (κ2) is 5.00. The first kappa shape index (κ1) is 12.7. The van der Waals surface area contributed by atoms with Gasteiger partial charge in [0.05, 0.1) is 10.2 Å². The van der Waals surface area contributed by atoms with Crippen LogP contribution in [-0.2, 0) is 0 Å². The summed E-state index contributed by atoms with van der Waals surface area (Å²) in [7, 11) is 0. The summed E-state index contributed by atoms with van der Waals surface area (Å²) < 4.78 is 7.17. The Morgan fingerprint density at radius 1 is 1.26 bits per heavy atom. The highest BCUT2D eigenvalue weighted by molar-refractivity contribution is 7.20. The van der Waals surface area contributed by atoms with E-state index < -0.39 is 0 Å². The molecule has 0 spiro atoms. The van der Waals surface area contributed by atoms with Crippen molar-refractivity contribution in [2.24, 2.45) is 11.8 Å². The molecule has 1 aliphatic carbocycles. The molecule has 2 N–H and O–H groups in total. The summed E-state index contributed by atoms with van der Waals surface area (Å²) in [5.41, 5.74) is 7.55. The number of anilines is 1. The van der Waals surface area contributed by atoms with E-state index >= 15 is 0 Å². The van der Waals surface area contributed by atoms with Gasteiger partial charge in [0.2, 0.25) is 0 Å². The highest BCUT2D eigenvalue weighted by Crippen LogP contribution is 2.35. The molecule has 1 saturated carbocycles. The Labute approximate surface area is 117 Å². The van der Waals surface area contributed by atoms with Crippen LogP contribution in [0.15, 0.2) is 18.2 Å². The van der Waals surface area contributed by atoms with Gasteiger partial charge in [0.15, 0.2) is 0 Å². The molecule has 0 aliphatic heterocycles. The normalized spacial score (nSPS) is 27.6. The van der Waals surface area contributed by atoms with Crippen LogP contribution < -0.4 is 10.5 Å². The minimum absolute atomic E-state index is 0.323. The molecule has 3 rings (SSSR count). The molecule has 102 valence electrons.